The topological polar surface area (TPSA) is 67.3 Å². The molecule has 2 rings (SSSR count). The lowest BCUT2D eigenvalue weighted by atomic mass is 9.94. The Bertz CT molecular complexity index is 433. The largest absolute Gasteiger partial charge is 0.433 e. The molecule has 0 aliphatic carbocycles. The van der Waals surface area contributed by atoms with Crippen LogP contribution in [0.3, 0.4) is 0 Å². The molecule has 0 spiro atoms. The summed E-state index contributed by atoms with van der Waals surface area (Å²) in [6.07, 6.45) is -2.61. The molecule has 0 saturated carbocycles. The first-order valence-electron chi connectivity index (χ1n) is 5.83. The second kappa shape index (κ2) is 5.30. The predicted molar refractivity (Wildman–Crippen MR) is 60.5 cm³/mol. The highest BCUT2D eigenvalue weighted by Gasteiger charge is 2.33. The molecule has 1 aromatic rings. The minimum absolute atomic E-state index is 0.0949. The van der Waals surface area contributed by atoms with Crippen molar-refractivity contribution in [1.29, 1.82) is 0 Å². The number of nitrogens with one attached hydrogen (secondary N) is 1. The summed E-state index contributed by atoms with van der Waals surface area (Å²) >= 11 is 0. The van der Waals surface area contributed by atoms with Crippen LogP contribution in [-0.2, 0) is 10.9 Å². The summed E-state index contributed by atoms with van der Waals surface area (Å²) in [5.41, 5.74) is -2.00. The molecule has 1 aromatic heterocycles. The molecule has 1 aliphatic rings. The van der Waals surface area contributed by atoms with Crippen LogP contribution in [0.2, 0.25) is 0 Å². The first-order valence-corrected chi connectivity index (χ1v) is 5.83. The first kappa shape index (κ1) is 14.0. The molecule has 2 heterocycles. The standard InChI is InChI=1S/C11H14F3N3O2/c12-11(13,14)8-1-4-15-9(17-8)16-7-10(18)2-5-19-6-3-10/h1,4,18H,2-3,5-7H2,(H,15,16,17). The average molecular weight is 277 g/mol. The van der Waals surface area contributed by atoms with Crippen molar-refractivity contribution in [3.8, 4) is 0 Å². The van der Waals surface area contributed by atoms with E-state index in [1.807, 2.05) is 0 Å². The number of ether oxygens (including phenoxy) is 1. The molecule has 0 amide bonds. The van der Waals surface area contributed by atoms with Crippen molar-refractivity contribution >= 4 is 5.95 Å². The number of alkyl halides is 3. The second-order valence-corrected chi connectivity index (χ2v) is 4.45. The Morgan fingerprint density at radius 3 is 2.68 bits per heavy atom. The van der Waals surface area contributed by atoms with E-state index in [0.717, 1.165) is 12.3 Å². The minimum atomic E-state index is -4.51. The molecule has 2 N–H and O–H groups in total. The molecule has 0 aromatic carbocycles. The van der Waals surface area contributed by atoms with Gasteiger partial charge in [0.2, 0.25) is 5.95 Å². The highest BCUT2D eigenvalue weighted by Crippen LogP contribution is 2.27. The number of hydrogen-bond acceptors (Lipinski definition) is 5. The smallest absolute Gasteiger partial charge is 0.388 e. The molecule has 1 saturated heterocycles. The molecule has 5 nitrogen and oxygen atoms in total. The van der Waals surface area contributed by atoms with Gasteiger partial charge in [0, 0.05) is 38.8 Å². The number of aromatic nitrogens is 2. The molecule has 0 unspecified atom stereocenters. The van der Waals surface area contributed by atoms with Gasteiger partial charge in [-0.25, -0.2) is 9.97 Å². The fraction of sp³-hybridized carbons (Fsp3) is 0.636. The average Bonchev–Trinajstić information content (AvgIpc) is 2.37. The van der Waals surface area contributed by atoms with E-state index in [9.17, 15) is 18.3 Å². The molecule has 19 heavy (non-hydrogen) atoms. The van der Waals surface area contributed by atoms with Crippen molar-refractivity contribution in [2.24, 2.45) is 0 Å². The monoisotopic (exact) mass is 277 g/mol. The number of hydrogen-bond donors (Lipinski definition) is 2. The van der Waals surface area contributed by atoms with E-state index in [2.05, 4.69) is 15.3 Å². The van der Waals surface area contributed by atoms with Crippen molar-refractivity contribution in [1.82, 2.24) is 9.97 Å². The van der Waals surface area contributed by atoms with Crippen LogP contribution in [0.15, 0.2) is 12.3 Å². The predicted octanol–water partition coefficient (Wildman–Crippen LogP) is 1.45. The maximum absolute atomic E-state index is 12.5. The van der Waals surface area contributed by atoms with E-state index in [4.69, 9.17) is 4.74 Å². The molecule has 0 atom stereocenters. The molecule has 106 valence electrons. The van der Waals surface area contributed by atoms with Crippen LogP contribution >= 0.6 is 0 Å². The van der Waals surface area contributed by atoms with E-state index >= 15 is 0 Å². The third-order valence-corrected chi connectivity index (χ3v) is 2.95. The molecule has 1 fully saturated rings. The SMILES string of the molecule is OC1(CNc2nccc(C(F)(F)F)n2)CCOCC1. The summed E-state index contributed by atoms with van der Waals surface area (Å²) in [6, 6.07) is 0.800. The Morgan fingerprint density at radius 2 is 2.05 bits per heavy atom. The lowest BCUT2D eigenvalue weighted by Crippen LogP contribution is -2.42. The highest BCUT2D eigenvalue weighted by molar-refractivity contribution is 5.26. The zero-order chi connectivity index (χ0) is 13.9. The fourth-order valence-corrected chi connectivity index (χ4v) is 1.77. The normalized spacial score (nSPS) is 19.2. The van der Waals surface area contributed by atoms with Crippen LogP contribution in [0, 0.1) is 0 Å². The van der Waals surface area contributed by atoms with Gasteiger partial charge in [-0.15, -0.1) is 0 Å². The number of aliphatic hydroxyl groups is 1. The van der Waals surface area contributed by atoms with E-state index in [-0.39, 0.29) is 12.5 Å². The van der Waals surface area contributed by atoms with Crippen molar-refractivity contribution in [2.45, 2.75) is 24.6 Å². The lowest BCUT2D eigenvalue weighted by Gasteiger charge is -2.32. The van der Waals surface area contributed by atoms with Gasteiger partial charge in [0.05, 0.1) is 5.60 Å². The summed E-state index contributed by atoms with van der Waals surface area (Å²) in [5, 5.41) is 12.8. The van der Waals surface area contributed by atoms with Gasteiger partial charge in [0.25, 0.3) is 0 Å². The van der Waals surface area contributed by atoms with Crippen molar-refractivity contribution in [3.63, 3.8) is 0 Å². The molecule has 1 aliphatic heterocycles. The van der Waals surface area contributed by atoms with E-state index in [1.165, 1.54) is 0 Å². The lowest BCUT2D eigenvalue weighted by molar-refractivity contribution is -0.141. The van der Waals surface area contributed by atoms with Gasteiger partial charge in [-0.05, 0) is 6.07 Å². The Morgan fingerprint density at radius 1 is 1.37 bits per heavy atom. The fourth-order valence-electron chi connectivity index (χ4n) is 1.77. The van der Waals surface area contributed by atoms with E-state index in [0.29, 0.717) is 26.1 Å². The quantitative estimate of drug-likeness (QED) is 0.875. The van der Waals surface area contributed by atoms with Gasteiger partial charge in [-0.2, -0.15) is 13.2 Å². The third-order valence-electron chi connectivity index (χ3n) is 2.95. The van der Waals surface area contributed by atoms with Crippen molar-refractivity contribution in [2.75, 3.05) is 25.1 Å². The van der Waals surface area contributed by atoms with Crippen molar-refractivity contribution < 1.29 is 23.0 Å². The zero-order valence-corrected chi connectivity index (χ0v) is 10.1. The van der Waals surface area contributed by atoms with Crippen LogP contribution in [0.4, 0.5) is 19.1 Å². The third kappa shape index (κ3) is 3.77. The van der Waals surface area contributed by atoms with Gasteiger partial charge >= 0.3 is 6.18 Å². The number of rotatable bonds is 3. The van der Waals surface area contributed by atoms with Crippen LogP contribution in [0.5, 0.6) is 0 Å². The molecular formula is C11H14F3N3O2. The maximum Gasteiger partial charge on any atom is 0.433 e. The first-order chi connectivity index (χ1) is 8.89. The molecular weight excluding hydrogens is 263 g/mol. The van der Waals surface area contributed by atoms with Crippen LogP contribution in [-0.4, -0.2) is 40.4 Å². The van der Waals surface area contributed by atoms with Gasteiger partial charge < -0.3 is 15.2 Å². The summed E-state index contributed by atoms with van der Waals surface area (Å²) in [5.74, 6) is -0.144. The Balaban J connectivity index is 1.99. The van der Waals surface area contributed by atoms with E-state index < -0.39 is 17.5 Å². The second-order valence-electron chi connectivity index (χ2n) is 4.45. The number of nitrogens with zero attached hydrogens (tertiary/aromatic N) is 2. The summed E-state index contributed by atoms with van der Waals surface area (Å²) in [7, 11) is 0. The van der Waals surface area contributed by atoms with Gasteiger partial charge in [-0.1, -0.05) is 0 Å². The van der Waals surface area contributed by atoms with Crippen molar-refractivity contribution in [3.05, 3.63) is 18.0 Å². The summed E-state index contributed by atoms with van der Waals surface area (Å²) in [6.45, 7) is 0.959. The Hall–Kier alpha value is -1.41. The van der Waals surface area contributed by atoms with E-state index in [1.54, 1.807) is 0 Å². The summed E-state index contributed by atoms with van der Waals surface area (Å²) < 4.78 is 42.5. The number of anilines is 1. The van der Waals surface area contributed by atoms with Crippen LogP contribution in [0.25, 0.3) is 0 Å². The van der Waals surface area contributed by atoms with Gasteiger partial charge in [-0.3, -0.25) is 0 Å². The molecule has 0 radical (unpaired) electrons. The minimum Gasteiger partial charge on any atom is -0.388 e. The van der Waals surface area contributed by atoms with Crippen LogP contribution < -0.4 is 5.32 Å². The molecule has 8 heteroatoms. The Kier molecular flexibility index (Phi) is 3.91. The highest BCUT2D eigenvalue weighted by atomic mass is 19.4. The Labute approximate surface area is 107 Å². The zero-order valence-electron chi connectivity index (χ0n) is 10.1. The number of halogens is 3. The maximum atomic E-state index is 12.5. The van der Waals surface area contributed by atoms with Gasteiger partial charge in [0.15, 0.2) is 0 Å². The van der Waals surface area contributed by atoms with Crippen LogP contribution in [0.1, 0.15) is 18.5 Å². The van der Waals surface area contributed by atoms with Gasteiger partial charge in [0.1, 0.15) is 5.69 Å². The molecule has 0 bridgehead atoms. The summed E-state index contributed by atoms with van der Waals surface area (Å²) in [4.78, 5) is 7.07.